The summed E-state index contributed by atoms with van der Waals surface area (Å²) in [5.41, 5.74) is 2.50. The van der Waals surface area contributed by atoms with E-state index in [1.807, 2.05) is 19.1 Å². The first-order valence-electron chi connectivity index (χ1n) is 8.73. The summed E-state index contributed by atoms with van der Waals surface area (Å²) in [5, 5.41) is 10.4. The third-order valence-electron chi connectivity index (χ3n) is 4.16. The number of hydrogen-bond donors (Lipinski definition) is 2. The maximum atomic E-state index is 12.5. The molecular weight excluding hydrogens is 378 g/mol. The smallest absolute Gasteiger partial charge is 0.240 e. The molecule has 9 heteroatoms. The normalized spacial score (nSPS) is 11.4. The molecule has 28 heavy (non-hydrogen) atoms. The van der Waals surface area contributed by atoms with Crippen LogP contribution in [-0.2, 0) is 27.9 Å². The summed E-state index contributed by atoms with van der Waals surface area (Å²) < 4.78 is 29.3. The van der Waals surface area contributed by atoms with Crippen LogP contribution in [0, 0.1) is 0 Å². The molecule has 1 heterocycles. The molecule has 3 rings (SSSR count). The number of carbonyl (C=O) groups excluding carboxylic acids is 1. The van der Waals surface area contributed by atoms with E-state index in [0.717, 1.165) is 11.1 Å². The van der Waals surface area contributed by atoms with Crippen molar-refractivity contribution in [2.24, 2.45) is 0 Å². The molecule has 146 valence electrons. The molecule has 1 amide bonds. The van der Waals surface area contributed by atoms with Crippen LogP contribution in [0.15, 0.2) is 59.8 Å². The van der Waals surface area contributed by atoms with Crippen LogP contribution in [0.3, 0.4) is 0 Å². The van der Waals surface area contributed by atoms with Gasteiger partial charge in [-0.1, -0.05) is 24.3 Å². The van der Waals surface area contributed by atoms with E-state index < -0.39 is 10.0 Å². The van der Waals surface area contributed by atoms with Crippen molar-refractivity contribution in [3.05, 3.63) is 60.7 Å². The summed E-state index contributed by atoms with van der Waals surface area (Å²) in [4.78, 5) is 11.3. The van der Waals surface area contributed by atoms with Gasteiger partial charge in [0, 0.05) is 19.2 Å². The second kappa shape index (κ2) is 8.32. The Balaban J connectivity index is 1.71. The lowest BCUT2D eigenvalue weighted by atomic mass is 10.1. The second-order valence-electron chi connectivity index (χ2n) is 6.14. The zero-order valence-electron chi connectivity index (χ0n) is 15.6. The minimum atomic E-state index is -3.66. The first kappa shape index (κ1) is 19.7. The van der Waals surface area contributed by atoms with Crippen molar-refractivity contribution >= 4 is 21.6 Å². The first-order valence-corrected chi connectivity index (χ1v) is 10.2. The van der Waals surface area contributed by atoms with Crippen LogP contribution in [0.25, 0.3) is 11.1 Å². The summed E-state index contributed by atoms with van der Waals surface area (Å²) >= 11 is 0. The van der Waals surface area contributed by atoms with E-state index in [0.29, 0.717) is 18.1 Å². The van der Waals surface area contributed by atoms with Gasteiger partial charge in [-0.15, -0.1) is 10.2 Å². The van der Waals surface area contributed by atoms with Gasteiger partial charge in [0.15, 0.2) is 0 Å². The molecule has 0 aliphatic heterocycles. The van der Waals surface area contributed by atoms with Crippen molar-refractivity contribution in [1.82, 2.24) is 19.5 Å². The molecule has 0 saturated carbocycles. The zero-order chi connectivity index (χ0) is 20.1. The van der Waals surface area contributed by atoms with Gasteiger partial charge in [-0.05, 0) is 42.3 Å². The van der Waals surface area contributed by atoms with Crippen LogP contribution in [0.5, 0.6) is 0 Å². The van der Waals surface area contributed by atoms with Crippen LogP contribution in [-0.4, -0.2) is 29.1 Å². The lowest BCUT2D eigenvalue weighted by molar-refractivity contribution is -0.114. The Morgan fingerprint density at radius 1 is 1.04 bits per heavy atom. The van der Waals surface area contributed by atoms with Gasteiger partial charge in [0.25, 0.3) is 0 Å². The molecule has 1 aromatic heterocycles. The van der Waals surface area contributed by atoms with E-state index in [9.17, 15) is 13.2 Å². The van der Waals surface area contributed by atoms with Crippen LogP contribution in [0.1, 0.15) is 19.7 Å². The van der Waals surface area contributed by atoms with E-state index >= 15 is 0 Å². The van der Waals surface area contributed by atoms with Crippen molar-refractivity contribution in [1.29, 1.82) is 0 Å². The van der Waals surface area contributed by atoms with E-state index in [4.69, 9.17) is 0 Å². The molecule has 0 aliphatic rings. The van der Waals surface area contributed by atoms with Crippen LogP contribution in [0.2, 0.25) is 0 Å². The average Bonchev–Trinajstić information content (AvgIpc) is 3.14. The predicted molar refractivity (Wildman–Crippen MR) is 106 cm³/mol. The van der Waals surface area contributed by atoms with E-state index in [2.05, 4.69) is 20.2 Å². The molecule has 0 fully saturated rings. The molecular formula is C19H21N5O3S. The van der Waals surface area contributed by atoms with E-state index in [1.165, 1.54) is 6.92 Å². The number of nitrogens with zero attached hydrogens (tertiary/aromatic N) is 3. The second-order valence-corrected chi connectivity index (χ2v) is 7.91. The number of rotatable bonds is 7. The third-order valence-corrected chi connectivity index (χ3v) is 5.58. The number of aryl methyl sites for hydroxylation is 1. The highest BCUT2D eigenvalue weighted by molar-refractivity contribution is 7.89. The average molecular weight is 399 g/mol. The molecule has 0 unspecified atom stereocenters. The van der Waals surface area contributed by atoms with Crippen LogP contribution in [0.4, 0.5) is 5.69 Å². The fraction of sp³-hybridized carbons (Fsp3) is 0.211. The fourth-order valence-electron chi connectivity index (χ4n) is 2.70. The minimum absolute atomic E-state index is 0.0720. The molecule has 2 aromatic carbocycles. The Labute approximate surface area is 163 Å². The highest BCUT2D eigenvalue weighted by Gasteiger charge is 2.15. The van der Waals surface area contributed by atoms with Crippen LogP contribution < -0.4 is 10.0 Å². The first-order chi connectivity index (χ1) is 13.4. The maximum Gasteiger partial charge on any atom is 0.240 e. The lowest BCUT2D eigenvalue weighted by Gasteiger charge is -2.09. The van der Waals surface area contributed by atoms with Crippen LogP contribution >= 0.6 is 0 Å². The molecule has 0 aliphatic carbocycles. The van der Waals surface area contributed by atoms with E-state index in [1.54, 1.807) is 47.3 Å². The molecule has 2 N–H and O–H groups in total. The van der Waals surface area contributed by atoms with E-state index in [-0.39, 0.29) is 17.3 Å². The van der Waals surface area contributed by atoms with Gasteiger partial charge in [-0.2, -0.15) is 0 Å². The monoisotopic (exact) mass is 399 g/mol. The highest BCUT2D eigenvalue weighted by Crippen LogP contribution is 2.23. The lowest BCUT2D eigenvalue weighted by Crippen LogP contribution is -2.25. The summed E-state index contributed by atoms with van der Waals surface area (Å²) in [6, 6.07) is 13.9. The van der Waals surface area contributed by atoms with Gasteiger partial charge in [0.05, 0.1) is 11.4 Å². The quantitative estimate of drug-likeness (QED) is 0.635. The summed E-state index contributed by atoms with van der Waals surface area (Å²) in [6.45, 7) is 4.12. The Bertz CT molecular complexity index is 1060. The minimum Gasteiger partial charge on any atom is -0.326 e. The Kier molecular flexibility index (Phi) is 5.86. The number of amides is 1. The molecule has 0 radical (unpaired) electrons. The van der Waals surface area contributed by atoms with Crippen molar-refractivity contribution < 1.29 is 13.2 Å². The molecule has 0 bridgehead atoms. The number of anilines is 1. The number of sulfonamides is 1. The molecule has 0 spiro atoms. The SMILES string of the molecule is CCn1cnnc1CNS(=O)(=O)c1ccc(-c2ccc(NC(C)=O)cc2)cc1. The largest absolute Gasteiger partial charge is 0.326 e. The third kappa shape index (κ3) is 4.62. The Hall–Kier alpha value is -3.04. The highest BCUT2D eigenvalue weighted by atomic mass is 32.2. The zero-order valence-corrected chi connectivity index (χ0v) is 16.4. The van der Waals surface area contributed by atoms with Gasteiger partial charge in [0.1, 0.15) is 12.2 Å². The number of nitrogens with one attached hydrogen (secondary N) is 2. The number of benzene rings is 2. The van der Waals surface area contributed by atoms with Crippen molar-refractivity contribution in [3.63, 3.8) is 0 Å². The summed E-state index contributed by atoms with van der Waals surface area (Å²) in [5.74, 6) is 0.425. The summed E-state index contributed by atoms with van der Waals surface area (Å²) in [7, 11) is -3.66. The standard InChI is InChI=1S/C19H21N5O3S/c1-3-24-13-20-23-19(24)12-21-28(26,27)18-10-6-16(7-11-18)15-4-8-17(9-5-15)22-14(2)25/h4-11,13,21H,3,12H2,1-2H3,(H,22,25). The van der Waals surface area contributed by atoms with Crippen molar-refractivity contribution in [2.75, 3.05) is 5.32 Å². The Morgan fingerprint density at radius 3 is 2.21 bits per heavy atom. The number of aromatic nitrogens is 3. The van der Waals surface area contributed by atoms with Crippen molar-refractivity contribution in [3.8, 4) is 11.1 Å². The topological polar surface area (TPSA) is 106 Å². The molecule has 3 aromatic rings. The number of carbonyl (C=O) groups is 1. The number of hydrogen-bond acceptors (Lipinski definition) is 5. The van der Waals surface area contributed by atoms with Gasteiger partial charge < -0.3 is 9.88 Å². The van der Waals surface area contributed by atoms with Gasteiger partial charge in [-0.25, -0.2) is 13.1 Å². The summed E-state index contributed by atoms with van der Waals surface area (Å²) in [6.07, 6.45) is 1.57. The maximum absolute atomic E-state index is 12.5. The van der Waals surface area contributed by atoms with Crippen molar-refractivity contribution in [2.45, 2.75) is 31.8 Å². The van der Waals surface area contributed by atoms with Gasteiger partial charge in [-0.3, -0.25) is 4.79 Å². The molecule has 8 nitrogen and oxygen atoms in total. The fourth-order valence-corrected chi connectivity index (χ4v) is 3.68. The van der Waals surface area contributed by atoms with Gasteiger partial charge in [0.2, 0.25) is 15.9 Å². The molecule has 0 atom stereocenters. The Morgan fingerprint density at radius 2 is 1.64 bits per heavy atom. The van der Waals surface area contributed by atoms with Gasteiger partial charge >= 0.3 is 0 Å². The predicted octanol–water partition coefficient (Wildman–Crippen LogP) is 2.40. The molecule has 0 saturated heterocycles.